The fourth-order valence-corrected chi connectivity index (χ4v) is 4.06. The van der Waals surface area contributed by atoms with Crippen LogP contribution in [-0.4, -0.2) is 72.3 Å². The lowest BCUT2D eigenvalue weighted by molar-refractivity contribution is 0.0828. The number of aromatic nitrogens is 3. The van der Waals surface area contributed by atoms with E-state index in [-0.39, 0.29) is 12.2 Å². The van der Waals surface area contributed by atoms with Gasteiger partial charge in [-0.1, -0.05) is 29.8 Å². The molecule has 1 aromatic carbocycles. The van der Waals surface area contributed by atoms with Crippen LogP contribution in [0.3, 0.4) is 0 Å². The molecule has 9 nitrogen and oxygen atoms in total. The fraction of sp³-hybridized carbons (Fsp3) is 0.417. The average Bonchev–Trinajstić information content (AvgIpc) is 2.83. The Balaban J connectivity index is 1.34. The van der Waals surface area contributed by atoms with E-state index in [0.29, 0.717) is 24.1 Å². The fourth-order valence-electron chi connectivity index (χ4n) is 3.86. The van der Waals surface area contributed by atoms with E-state index in [1.165, 1.54) is 0 Å². The maximum Gasteiger partial charge on any atom is 0.407 e. The standard InChI is InChI=1S/C24H30ClN7O2/c1-31(2)14-11-27-24(33)34-18-8-12-32(13-9-18)22-19-16-29-23(30-21(19)7-10-26-22)28-15-17-5-3-4-6-20(17)25/h3-7,10,16,18H,8-9,11-15H2,1-2H3,(H,27,33)(H,28,29,30). The van der Waals surface area contributed by atoms with Gasteiger partial charge in [-0.25, -0.2) is 19.7 Å². The molecule has 2 aromatic heterocycles. The maximum absolute atomic E-state index is 12.0. The molecule has 1 aliphatic heterocycles. The number of halogens is 1. The smallest absolute Gasteiger partial charge is 0.407 e. The number of ether oxygens (including phenoxy) is 1. The van der Waals surface area contributed by atoms with Crippen molar-refractivity contribution < 1.29 is 9.53 Å². The highest BCUT2D eigenvalue weighted by atomic mass is 35.5. The van der Waals surface area contributed by atoms with Gasteiger partial charge < -0.3 is 25.2 Å². The van der Waals surface area contributed by atoms with E-state index in [9.17, 15) is 4.79 Å². The first kappa shape index (κ1) is 24.0. The van der Waals surface area contributed by atoms with Crippen LogP contribution in [0.5, 0.6) is 0 Å². The van der Waals surface area contributed by atoms with Crippen molar-refractivity contribution in [2.45, 2.75) is 25.5 Å². The predicted molar refractivity (Wildman–Crippen MR) is 134 cm³/mol. The molecule has 0 unspecified atom stereocenters. The molecular formula is C24H30ClN7O2. The molecule has 3 heterocycles. The van der Waals surface area contributed by atoms with Crippen molar-refractivity contribution in [2.24, 2.45) is 0 Å². The zero-order valence-corrected chi connectivity index (χ0v) is 20.3. The van der Waals surface area contributed by atoms with Crippen molar-refractivity contribution in [2.75, 3.05) is 50.5 Å². The largest absolute Gasteiger partial charge is 0.446 e. The first-order valence-corrected chi connectivity index (χ1v) is 11.8. The quantitative estimate of drug-likeness (QED) is 0.502. The zero-order chi connectivity index (χ0) is 23.9. The lowest BCUT2D eigenvalue weighted by Crippen LogP contribution is -2.40. The van der Waals surface area contributed by atoms with Gasteiger partial charge in [-0.05, 0) is 31.8 Å². The Bertz CT molecular complexity index is 1120. The summed E-state index contributed by atoms with van der Waals surface area (Å²) in [4.78, 5) is 30.0. The highest BCUT2D eigenvalue weighted by Crippen LogP contribution is 2.27. The third kappa shape index (κ3) is 6.24. The number of carbonyl (C=O) groups excluding carboxylic acids is 1. The minimum Gasteiger partial charge on any atom is -0.446 e. The van der Waals surface area contributed by atoms with Crippen molar-refractivity contribution in [1.29, 1.82) is 0 Å². The molecule has 0 spiro atoms. The molecule has 10 heteroatoms. The van der Waals surface area contributed by atoms with E-state index in [0.717, 1.165) is 54.8 Å². The molecule has 1 fully saturated rings. The summed E-state index contributed by atoms with van der Waals surface area (Å²) >= 11 is 6.24. The lowest BCUT2D eigenvalue weighted by Gasteiger charge is -2.32. The predicted octanol–water partition coefficient (Wildman–Crippen LogP) is 3.55. The van der Waals surface area contributed by atoms with E-state index >= 15 is 0 Å². The number of hydrogen-bond donors (Lipinski definition) is 2. The molecule has 0 radical (unpaired) electrons. The van der Waals surface area contributed by atoms with Crippen LogP contribution < -0.4 is 15.5 Å². The van der Waals surface area contributed by atoms with Crippen LogP contribution >= 0.6 is 11.6 Å². The Morgan fingerprint density at radius 1 is 1.21 bits per heavy atom. The number of nitrogens with one attached hydrogen (secondary N) is 2. The molecule has 0 bridgehead atoms. The van der Waals surface area contributed by atoms with Gasteiger partial charge in [0.2, 0.25) is 5.95 Å². The number of carbonyl (C=O) groups is 1. The number of piperidine rings is 1. The lowest BCUT2D eigenvalue weighted by atomic mass is 10.1. The summed E-state index contributed by atoms with van der Waals surface area (Å²) in [6.07, 6.45) is 4.62. The summed E-state index contributed by atoms with van der Waals surface area (Å²) in [5.74, 6) is 1.39. The summed E-state index contributed by atoms with van der Waals surface area (Å²) in [6, 6.07) is 9.58. The van der Waals surface area contributed by atoms with Crippen molar-refractivity contribution in [1.82, 2.24) is 25.2 Å². The van der Waals surface area contributed by atoms with Crippen LogP contribution in [0.4, 0.5) is 16.6 Å². The van der Waals surface area contributed by atoms with E-state index < -0.39 is 0 Å². The zero-order valence-electron chi connectivity index (χ0n) is 19.5. The Morgan fingerprint density at radius 2 is 2.00 bits per heavy atom. The topological polar surface area (TPSA) is 95.5 Å². The second-order valence-corrected chi connectivity index (χ2v) is 8.93. The molecule has 34 heavy (non-hydrogen) atoms. The highest BCUT2D eigenvalue weighted by molar-refractivity contribution is 6.31. The van der Waals surface area contributed by atoms with Gasteiger partial charge in [-0.3, -0.25) is 0 Å². The van der Waals surface area contributed by atoms with Crippen molar-refractivity contribution in [3.63, 3.8) is 0 Å². The number of fused-ring (bicyclic) bond motifs is 1. The molecule has 2 N–H and O–H groups in total. The van der Waals surface area contributed by atoms with Crippen LogP contribution in [0.25, 0.3) is 10.9 Å². The molecule has 0 saturated carbocycles. The van der Waals surface area contributed by atoms with E-state index in [1.54, 1.807) is 12.4 Å². The summed E-state index contributed by atoms with van der Waals surface area (Å²) in [7, 11) is 3.93. The molecule has 0 aliphatic carbocycles. The van der Waals surface area contributed by atoms with Gasteiger partial charge >= 0.3 is 6.09 Å². The van der Waals surface area contributed by atoms with E-state index in [2.05, 4.69) is 30.5 Å². The van der Waals surface area contributed by atoms with Gasteiger partial charge in [0, 0.05) is 63.0 Å². The number of hydrogen-bond acceptors (Lipinski definition) is 8. The van der Waals surface area contributed by atoms with Gasteiger partial charge in [-0.2, -0.15) is 0 Å². The molecule has 180 valence electrons. The van der Waals surface area contributed by atoms with E-state index in [4.69, 9.17) is 16.3 Å². The van der Waals surface area contributed by atoms with E-state index in [1.807, 2.05) is 49.3 Å². The molecular weight excluding hydrogens is 454 g/mol. The Kier molecular flexibility index (Phi) is 7.97. The Labute approximate surface area is 204 Å². The Hall–Kier alpha value is -3.17. The van der Waals surface area contributed by atoms with Crippen molar-refractivity contribution in [3.8, 4) is 0 Å². The highest BCUT2D eigenvalue weighted by Gasteiger charge is 2.24. The minimum absolute atomic E-state index is 0.0950. The number of alkyl carbamates (subject to hydrolysis) is 1. The molecule has 3 aromatic rings. The number of anilines is 2. The molecule has 0 atom stereocenters. The second kappa shape index (κ2) is 11.3. The third-order valence-electron chi connectivity index (χ3n) is 5.73. The SMILES string of the molecule is CN(C)CCNC(=O)OC1CCN(c2nccc3nc(NCc4ccccc4Cl)ncc23)CC1. The monoisotopic (exact) mass is 483 g/mol. The average molecular weight is 484 g/mol. The van der Waals surface area contributed by atoms with Gasteiger partial charge in [0.25, 0.3) is 0 Å². The summed E-state index contributed by atoms with van der Waals surface area (Å²) in [6.45, 7) is 3.38. The normalized spacial score (nSPS) is 14.4. The molecule has 1 amide bonds. The Morgan fingerprint density at radius 3 is 2.76 bits per heavy atom. The first-order valence-electron chi connectivity index (χ1n) is 11.4. The van der Waals surface area contributed by atoms with Gasteiger partial charge in [0.05, 0.1) is 10.9 Å². The number of nitrogens with zero attached hydrogens (tertiary/aromatic N) is 5. The number of rotatable bonds is 8. The van der Waals surface area contributed by atoms with Crippen LogP contribution in [0, 0.1) is 0 Å². The van der Waals surface area contributed by atoms with Gasteiger partial charge in [-0.15, -0.1) is 0 Å². The summed E-state index contributed by atoms with van der Waals surface area (Å²) in [5, 5.41) is 7.64. The number of amides is 1. The van der Waals surface area contributed by atoms with Crippen LogP contribution in [-0.2, 0) is 11.3 Å². The van der Waals surface area contributed by atoms with Gasteiger partial charge in [0.15, 0.2) is 0 Å². The minimum atomic E-state index is -0.353. The maximum atomic E-state index is 12.0. The van der Waals surface area contributed by atoms with Crippen LogP contribution in [0.1, 0.15) is 18.4 Å². The number of benzene rings is 1. The molecule has 1 saturated heterocycles. The third-order valence-corrected chi connectivity index (χ3v) is 6.10. The van der Waals surface area contributed by atoms with Crippen LogP contribution in [0.2, 0.25) is 5.02 Å². The van der Waals surface area contributed by atoms with Crippen molar-refractivity contribution >= 4 is 40.4 Å². The molecule has 4 rings (SSSR count). The summed E-state index contributed by atoms with van der Waals surface area (Å²) in [5.41, 5.74) is 1.81. The van der Waals surface area contributed by atoms with Crippen LogP contribution in [0.15, 0.2) is 42.7 Å². The number of likely N-dealkylation sites (N-methyl/N-ethyl adjacent to an activating group) is 1. The number of pyridine rings is 1. The second-order valence-electron chi connectivity index (χ2n) is 8.53. The molecule has 1 aliphatic rings. The van der Waals surface area contributed by atoms with Gasteiger partial charge in [0.1, 0.15) is 11.9 Å². The summed E-state index contributed by atoms with van der Waals surface area (Å²) < 4.78 is 5.57. The first-order chi connectivity index (χ1) is 16.5. The van der Waals surface area contributed by atoms with Crippen molar-refractivity contribution in [3.05, 3.63) is 53.3 Å².